The molecule has 12 heteroatoms. The lowest BCUT2D eigenvalue weighted by atomic mass is 10.1. The second-order valence-electron chi connectivity index (χ2n) is 5.79. The topological polar surface area (TPSA) is 114 Å². The second-order valence-corrected chi connectivity index (χ2v) is 7.36. The Morgan fingerprint density at radius 1 is 1.07 bits per heavy atom. The molecule has 0 fully saturated rings. The van der Waals surface area contributed by atoms with Crippen LogP contribution in [0.5, 0.6) is 11.5 Å². The minimum absolute atomic E-state index is 0.0729. The first-order chi connectivity index (χ1) is 13.5. The summed E-state index contributed by atoms with van der Waals surface area (Å²) >= 11 is 0. The van der Waals surface area contributed by atoms with Gasteiger partial charge in [-0.1, -0.05) is 6.07 Å². The van der Waals surface area contributed by atoms with Gasteiger partial charge in [-0.2, -0.15) is 21.6 Å². The molecule has 0 aliphatic rings. The predicted octanol–water partition coefficient (Wildman–Crippen LogP) is 3.35. The molecule has 2 N–H and O–H groups in total. The summed E-state index contributed by atoms with van der Waals surface area (Å²) < 4.78 is 65.7. The summed E-state index contributed by atoms with van der Waals surface area (Å²) in [5, 5.41) is 12.4. The average Bonchev–Trinajstić information content (AvgIpc) is 2.62. The van der Waals surface area contributed by atoms with Crippen molar-refractivity contribution in [2.45, 2.75) is 6.18 Å². The molecule has 29 heavy (non-hydrogen) atoms. The van der Waals surface area contributed by atoms with Gasteiger partial charge in [0, 0.05) is 11.6 Å². The molecule has 8 nitrogen and oxygen atoms in total. The van der Waals surface area contributed by atoms with Crippen LogP contribution in [-0.4, -0.2) is 34.7 Å². The minimum atomic E-state index is -4.59. The van der Waals surface area contributed by atoms with Crippen molar-refractivity contribution in [3.05, 3.63) is 54.5 Å². The van der Waals surface area contributed by atoms with Crippen molar-refractivity contribution in [2.75, 3.05) is 11.6 Å². The fourth-order valence-electron chi connectivity index (χ4n) is 2.28. The van der Waals surface area contributed by atoms with E-state index in [-0.39, 0.29) is 23.1 Å². The highest BCUT2D eigenvalue weighted by Gasteiger charge is 2.32. The SMILES string of the molecule is CS(=O)(=O)Oc1cc(-c2cc(Nc3cccc(C(F)(F)F)n3)ncn2)ccc1O. The lowest BCUT2D eigenvalue weighted by Crippen LogP contribution is -2.09. The molecule has 0 amide bonds. The van der Waals surface area contributed by atoms with Crippen molar-refractivity contribution in [3.8, 4) is 22.8 Å². The molecule has 3 rings (SSSR count). The number of hydrogen-bond acceptors (Lipinski definition) is 8. The van der Waals surface area contributed by atoms with Gasteiger partial charge >= 0.3 is 16.3 Å². The van der Waals surface area contributed by atoms with E-state index in [9.17, 15) is 26.7 Å². The van der Waals surface area contributed by atoms with Gasteiger partial charge in [0.2, 0.25) is 0 Å². The first-order valence-electron chi connectivity index (χ1n) is 7.87. The molecule has 0 atom stereocenters. The van der Waals surface area contributed by atoms with Crippen LogP contribution in [0, 0.1) is 0 Å². The van der Waals surface area contributed by atoms with Crippen molar-refractivity contribution in [2.24, 2.45) is 0 Å². The number of phenols is 1. The predicted molar refractivity (Wildman–Crippen MR) is 97.1 cm³/mol. The highest BCUT2D eigenvalue weighted by atomic mass is 32.2. The van der Waals surface area contributed by atoms with Gasteiger partial charge in [-0.25, -0.2) is 15.0 Å². The van der Waals surface area contributed by atoms with Crippen molar-refractivity contribution in [1.82, 2.24) is 15.0 Å². The van der Waals surface area contributed by atoms with Crippen molar-refractivity contribution in [3.63, 3.8) is 0 Å². The Hall–Kier alpha value is -3.41. The van der Waals surface area contributed by atoms with E-state index in [1.807, 2.05) is 0 Å². The number of nitrogens with one attached hydrogen (secondary N) is 1. The number of pyridine rings is 1. The van der Waals surface area contributed by atoms with Crippen LogP contribution < -0.4 is 9.50 Å². The molecule has 2 heterocycles. The van der Waals surface area contributed by atoms with Crippen molar-refractivity contribution < 1.29 is 30.9 Å². The lowest BCUT2D eigenvalue weighted by molar-refractivity contribution is -0.141. The van der Waals surface area contributed by atoms with Gasteiger partial charge in [0.05, 0.1) is 11.9 Å². The number of rotatable bonds is 5. The zero-order valence-corrected chi connectivity index (χ0v) is 15.5. The number of aromatic hydroxyl groups is 1. The summed E-state index contributed by atoms with van der Waals surface area (Å²) in [5.41, 5.74) is -0.380. The van der Waals surface area contributed by atoms with E-state index in [0.29, 0.717) is 11.3 Å². The third-order valence-corrected chi connectivity index (χ3v) is 3.94. The normalized spacial score (nSPS) is 11.9. The monoisotopic (exact) mass is 426 g/mol. The fourth-order valence-corrected chi connectivity index (χ4v) is 2.74. The zero-order valence-electron chi connectivity index (χ0n) is 14.7. The summed E-state index contributed by atoms with van der Waals surface area (Å²) in [4.78, 5) is 11.5. The molecule has 0 unspecified atom stereocenters. The molecule has 3 aromatic rings. The summed E-state index contributed by atoms with van der Waals surface area (Å²) in [5.74, 6) is -0.603. The first-order valence-corrected chi connectivity index (χ1v) is 9.69. The maximum absolute atomic E-state index is 12.8. The third kappa shape index (κ3) is 5.31. The molecule has 1 aromatic carbocycles. The first kappa shape index (κ1) is 20.3. The number of anilines is 2. The average molecular weight is 426 g/mol. The van der Waals surface area contributed by atoms with Crippen LogP contribution in [0.4, 0.5) is 24.8 Å². The Balaban J connectivity index is 1.90. The number of alkyl halides is 3. The van der Waals surface area contributed by atoms with Gasteiger partial charge in [0.15, 0.2) is 11.5 Å². The Morgan fingerprint density at radius 3 is 2.52 bits per heavy atom. The van der Waals surface area contributed by atoms with Crippen LogP contribution in [-0.2, 0) is 16.3 Å². The van der Waals surface area contributed by atoms with Crippen LogP contribution in [0.25, 0.3) is 11.3 Å². The molecule has 0 saturated carbocycles. The third-order valence-electron chi connectivity index (χ3n) is 3.46. The number of nitrogens with zero attached hydrogens (tertiary/aromatic N) is 3. The molecule has 0 radical (unpaired) electrons. The molecule has 0 spiro atoms. The minimum Gasteiger partial charge on any atom is -0.504 e. The smallest absolute Gasteiger partial charge is 0.433 e. The molecule has 0 aliphatic carbocycles. The number of halogens is 3. The molecule has 152 valence electrons. The molecule has 0 bridgehead atoms. The van der Waals surface area contributed by atoms with Crippen molar-refractivity contribution >= 4 is 21.8 Å². The molecule has 2 aromatic heterocycles. The van der Waals surface area contributed by atoms with E-state index in [2.05, 4.69) is 20.3 Å². The standard InChI is InChI=1S/C17H13F3N4O4S/c1-29(26,27)28-13-7-10(5-6-12(13)25)11-8-16(22-9-21-11)24-15-4-2-3-14(23-15)17(18,19)20/h2-9,25H,1H3,(H,21,22,23,24). The Morgan fingerprint density at radius 2 is 1.83 bits per heavy atom. The summed E-state index contributed by atoms with van der Waals surface area (Å²) in [6.07, 6.45) is -2.60. The van der Waals surface area contributed by atoms with Crippen LogP contribution in [0.2, 0.25) is 0 Å². The summed E-state index contributed by atoms with van der Waals surface area (Å²) in [6.45, 7) is 0. The van der Waals surface area contributed by atoms with E-state index in [1.54, 1.807) is 0 Å². The summed E-state index contributed by atoms with van der Waals surface area (Å²) in [7, 11) is -3.87. The van der Waals surface area contributed by atoms with Crippen LogP contribution in [0.15, 0.2) is 48.8 Å². The van der Waals surface area contributed by atoms with E-state index >= 15 is 0 Å². The molecule has 0 aliphatic heterocycles. The number of aromatic nitrogens is 3. The van der Waals surface area contributed by atoms with E-state index in [1.165, 1.54) is 36.4 Å². The van der Waals surface area contributed by atoms with E-state index in [4.69, 9.17) is 4.18 Å². The number of hydrogen-bond donors (Lipinski definition) is 2. The Labute approximate surface area is 163 Å². The van der Waals surface area contributed by atoms with Crippen molar-refractivity contribution in [1.29, 1.82) is 0 Å². The number of phenolic OH excluding ortho intramolecular Hbond substituents is 1. The maximum Gasteiger partial charge on any atom is 0.433 e. The Bertz CT molecular complexity index is 1150. The lowest BCUT2D eigenvalue weighted by Gasteiger charge is -2.10. The van der Waals surface area contributed by atoms with Crippen LogP contribution >= 0.6 is 0 Å². The van der Waals surface area contributed by atoms with Gasteiger partial charge in [0.25, 0.3) is 0 Å². The maximum atomic E-state index is 12.8. The largest absolute Gasteiger partial charge is 0.504 e. The zero-order chi connectivity index (χ0) is 21.2. The molecular weight excluding hydrogens is 413 g/mol. The van der Waals surface area contributed by atoms with Crippen LogP contribution in [0.3, 0.4) is 0 Å². The fraction of sp³-hybridized carbons (Fsp3) is 0.118. The Kier molecular flexibility index (Phi) is 5.29. The molecule has 0 saturated heterocycles. The summed E-state index contributed by atoms with van der Waals surface area (Å²) in [6, 6.07) is 8.74. The van der Waals surface area contributed by atoms with Crippen LogP contribution in [0.1, 0.15) is 5.69 Å². The molecular formula is C17H13F3N4O4S. The number of benzene rings is 1. The van der Waals surface area contributed by atoms with Gasteiger partial charge in [-0.15, -0.1) is 0 Å². The van der Waals surface area contributed by atoms with Gasteiger partial charge in [-0.3, -0.25) is 0 Å². The van der Waals surface area contributed by atoms with E-state index < -0.39 is 22.0 Å². The van der Waals surface area contributed by atoms with Gasteiger partial charge in [-0.05, 0) is 30.3 Å². The van der Waals surface area contributed by atoms with Gasteiger partial charge < -0.3 is 14.6 Å². The quantitative estimate of drug-likeness (QED) is 0.597. The highest BCUT2D eigenvalue weighted by molar-refractivity contribution is 7.86. The highest BCUT2D eigenvalue weighted by Crippen LogP contribution is 2.33. The van der Waals surface area contributed by atoms with Gasteiger partial charge in [0.1, 0.15) is 23.7 Å². The van der Waals surface area contributed by atoms with E-state index in [0.717, 1.165) is 18.6 Å². The second kappa shape index (κ2) is 7.54.